The Bertz CT molecular complexity index is 527. The first-order chi connectivity index (χ1) is 9.27. The number of nitrogens with one attached hydrogen (secondary N) is 1. The van der Waals surface area contributed by atoms with Gasteiger partial charge in [0.1, 0.15) is 17.9 Å². The zero-order chi connectivity index (χ0) is 15.7. The lowest BCUT2D eigenvalue weighted by atomic mass is 10.2. The van der Waals surface area contributed by atoms with E-state index in [1.807, 2.05) is 0 Å². The summed E-state index contributed by atoms with van der Waals surface area (Å²) in [5.74, 6) is -3.00. The number of carbonyl (C=O) groups excluding carboxylic acids is 1. The number of anilines is 1. The monoisotopic (exact) mass is 282 g/mol. The van der Waals surface area contributed by atoms with Crippen molar-refractivity contribution in [2.24, 2.45) is 0 Å². The Kier molecular flexibility index (Phi) is 6.91. The fourth-order valence-corrected chi connectivity index (χ4v) is 0.960. The van der Waals surface area contributed by atoms with Crippen LogP contribution < -0.4 is 11.1 Å². The minimum absolute atomic E-state index is 0.176. The number of phenols is 1. The third-order valence-electron chi connectivity index (χ3n) is 1.85. The van der Waals surface area contributed by atoms with Gasteiger partial charge in [0.25, 0.3) is 0 Å². The van der Waals surface area contributed by atoms with Gasteiger partial charge < -0.3 is 26.4 Å². The molecule has 0 heterocycles. The van der Waals surface area contributed by atoms with E-state index >= 15 is 0 Å². The van der Waals surface area contributed by atoms with E-state index in [-0.39, 0.29) is 17.9 Å². The molecule has 0 saturated heterocycles. The summed E-state index contributed by atoms with van der Waals surface area (Å²) >= 11 is 0. The number of amides is 1. The minimum Gasteiger partial charge on any atom is -0.507 e. The number of aliphatic carboxylic acids is 1. The first kappa shape index (κ1) is 17.0. The van der Waals surface area contributed by atoms with Gasteiger partial charge in [-0.1, -0.05) is 6.58 Å². The van der Waals surface area contributed by atoms with Crippen molar-refractivity contribution < 1.29 is 29.7 Å². The van der Waals surface area contributed by atoms with E-state index in [9.17, 15) is 14.4 Å². The van der Waals surface area contributed by atoms with Gasteiger partial charge in [0.15, 0.2) is 0 Å². The van der Waals surface area contributed by atoms with E-state index in [0.717, 1.165) is 6.08 Å². The highest BCUT2D eigenvalue weighted by molar-refractivity contribution is 5.91. The number of nitrogen functional groups attached to an aromatic ring is 1. The summed E-state index contributed by atoms with van der Waals surface area (Å²) in [6, 6.07) is 3.89. The molecule has 1 aromatic carbocycles. The number of carboxylic acids is 2. The van der Waals surface area contributed by atoms with Gasteiger partial charge >= 0.3 is 11.9 Å². The predicted octanol–water partition coefficient (Wildman–Crippen LogP) is 0.0458. The van der Waals surface area contributed by atoms with Crippen LogP contribution in [0.25, 0.3) is 0 Å². The van der Waals surface area contributed by atoms with Crippen molar-refractivity contribution in [2.75, 3.05) is 12.3 Å². The Balaban J connectivity index is 0.000000370. The largest absolute Gasteiger partial charge is 0.507 e. The van der Waals surface area contributed by atoms with Crippen LogP contribution in [-0.4, -0.2) is 39.7 Å². The number of aromatic carboxylic acids is 1. The van der Waals surface area contributed by atoms with E-state index in [2.05, 4.69) is 11.9 Å². The molecule has 0 atom stereocenters. The number of hydrogen-bond acceptors (Lipinski definition) is 5. The minimum atomic E-state index is -1.19. The number of benzene rings is 1. The van der Waals surface area contributed by atoms with E-state index in [4.69, 9.17) is 21.1 Å². The average Bonchev–Trinajstić information content (AvgIpc) is 2.39. The zero-order valence-electron chi connectivity index (χ0n) is 10.4. The second kappa shape index (κ2) is 8.14. The van der Waals surface area contributed by atoms with Crippen molar-refractivity contribution in [3.05, 3.63) is 36.4 Å². The highest BCUT2D eigenvalue weighted by Gasteiger charge is 2.08. The number of carbonyl (C=O) groups is 3. The van der Waals surface area contributed by atoms with Crippen LogP contribution in [0.15, 0.2) is 30.9 Å². The first-order valence-electron chi connectivity index (χ1n) is 5.21. The van der Waals surface area contributed by atoms with Crippen molar-refractivity contribution in [2.45, 2.75) is 0 Å². The van der Waals surface area contributed by atoms with Crippen LogP contribution in [-0.2, 0) is 9.59 Å². The number of carboxylic acid groups (broad SMARTS) is 2. The summed E-state index contributed by atoms with van der Waals surface area (Å²) in [7, 11) is 0. The van der Waals surface area contributed by atoms with Crippen LogP contribution in [0.4, 0.5) is 5.69 Å². The Morgan fingerprint density at radius 1 is 1.30 bits per heavy atom. The Morgan fingerprint density at radius 2 is 1.90 bits per heavy atom. The Hall–Kier alpha value is -3.03. The van der Waals surface area contributed by atoms with Crippen LogP contribution >= 0.6 is 0 Å². The molecule has 0 saturated carbocycles. The highest BCUT2D eigenvalue weighted by atomic mass is 16.4. The summed E-state index contributed by atoms with van der Waals surface area (Å²) in [4.78, 5) is 30.4. The lowest BCUT2D eigenvalue weighted by molar-refractivity contribution is -0.137. The molecule has 0 fully saturated rings. The van der Waals surface area contributed by atoms with Gasteiger partial charge in [-0.2, -0.15) is 0 Å². The van der Waals surface area contributed by atoms with Gasteiger partial charge in [-0.15, -0.1) is 0 Å². The fraction of sp³-hybridized carbons (Fsp3) is 0.0833. The molecule has 8 nitrogen and oxygen atoms in total. The van der Waals surface area contributed by atoms with Crippen LogP contribution in [0.3, 0.4) is 0 Å². The van der Waals surface area contributed by atoms with Crippen LogP contribution in [0.1, 0.15) is 10.4 Å². The smallest absolute Gasteiger partial charge is 0.339 e. The number of rotatable bonds is 4. The fourth-order valence-electron chi connectivity index (χ4n) is 0.960. The molecule has 0 aliphatic heterocycles. The summed E-state index contributed by atoms with van der Waals surface area (Å²) in [6.45, 7) is 2.78. The van der Waals surface area contributed by atoms with Crippen molar-refractivity contribution in [3.63, 3.8) is 0 Å². The molecule has 1 rings (SSSR count). The van der Waals surface area contributed by atoms with Crippen molar-refractivity contribution >= 4 is 23.5 Å². The van der Waals surface area contributed by atoms with Gasteiger partial charge in [-0.25, -0.2) is 4.79 Å². The lowest BCUT2D eigenvalue weighted by Gasteiger charge is -1.98. The maximum Gasteiger partial charge on any atom is 0.339 e. The molecule has 1 aromatic rings. The summed E-state index contributed by atoms with van der Waals surface area (Å²) in [5.41, 5.74) is 5.43. The number of aromatic hydroxyl groups is 1. The third kappa shape index (κ3) is 6.64. The molecule has 0 radical (unpaired) electrons. The van der Waals surface area contributed by atoms with E-state index in [1.165, 1.54) is 18.2 Å². The Morgan fingerprint density at radius 3 is 2.30 bits per heavy atom. The predicted molar refractivity (Wildman–Crippen MR) is 70.3 cm³/mol. The van der Waals surface area contributed by atoms with Gasteiger partial charge in [-0.3, -0.25) is 9.59 Å². The standard InChI is InChI=1S/C7H7NO3.C5H7NO3/c8-4-1-2-6(9)5(3-4)7(10)11;1-2-4(7)6-3-5(8)9/h1-3,9H,8H2,(H,10,11);2H,1,3H2,(H,6,7)(H,8,9). The Labute approximate surface area is 114 Å². The molecule has 8 heteroatoms. The maximum absolute atomic E-state index is 10.4. The van der Waals surface area contributed by atoms with Gasteiger partial charge in [0, 0.05) is 5.69 Å². The van der Waals surface area contributed by atoms with Crippen LogP contribution in [0, 0.1) is 0 Å². The van der Waals surface area contributed by atoms with Crippen molar-refractivity contribution in [1.82, 2.24) is 5.32 Å². The molecule has 6 N–H and O–H groups in total. The molecule has 0 spiro atoms. The topological polar surface area (TPSA) is 150 Å². The number of nitrogens with two attached hydrogens (primary N) is 1. The molecular formula is C12H14N2O6. The van der Waals surface area contributed by atoms with E-state index < -0.39 is 17.8 Å². The van der Waals surface area contributed by atoms with Crippen LogP contribution in [0.5, 0.6) is 5.75 Å². The zero-order valence-corrected chi connectivity index (χ0v) is 10.4. The first-order valence-corrected chi connectivity index (χ1v) is 5.21. The molecule has 0 bridgehead atoms. The van der Waals surface area contributed by atoms with Crippen molar-refractivity contribution in [1.29, 1.82) is 0 Å². The van der Waals surface area contributed by atoms with Gasteiger partial charge in [-0.05, 0) is 24.3 Å². The average molecular weight is 282 g/mol. The van der Waals surface area contributed by atoms with Gasteiger partial charge in [0.05, 0.1) is 0 Å². The summed E-state index contributed by atoms with van der Waals surface area (Å²) in [5, 5.41) is 27.5. The van der Waals surface area contributed by atoms with Crippen molar-refractivity contribution in [3.8, 4) is 5.75 Å². The number of hydrogen-bond donors (Lipinski definition) is 5. The van der Waals surface area contributed by atoms with Gasteiger partial charge in [0.2, 0.25) is 5.91 Å². The van der Waals surface area contributed by atoms with E-state index in [0.29, 0.717) is 5.69 Å². The highest BCUT2D eigenvalue weighted by Crippen LogP contribution is 2.18. The van der Waals surface area contributed by atoms with Crippen LogP contribution in [0.2, 0.25) is 0 Å². The second-order valence-electron chi connectivity index (χ2n) is 3.40. The maximum atomic E-state index is 10.4. The molecule has 0 unspecified atom stereocenters. The lowest BCUT2D eigenvalue weighted by Crippen LogP contribution is -2.27. The molecule has 1 amide bonds. The quantitative estimate of drug-likeness (QED) is 0.297. The summed E-state index contributed by atoms with van der Waals surface area (Å²) < 4.78 is 0. The SMILES string of the molecule is C=CC(=O)NCC(=O)O.Nc1ccc(O)c(C(=O)O)c1. The third-order valence-corrected chi connectivity index (χ3v) is 1.85. The molecule has 0 aliphatic carbocycles. The molecular weight excluding hydrogens is 268 g/mol. The molecule has 0 aromatic heterocycles. The normalized spacial score (nSPS) is 8.80. The molecule has 108 valence electrons. The van der Waals surface area contributed by atoms with E-state index in [1.54, 1.807) is 0 Å². The second-order valence-corrected chi connectivity index (χ2v) is 3.40. The molecule has 0 aliphatic rings. The summed E-state index contributed by atoms with van der Waals surface area (Å²) in [6.07, 6.45) is 1.02. The molecule has 20 heavy (non-hydrogen) atoms.